The first-order valence-corrected chi connectivity index (χ1v) is 6.99. The number of halogens is 1. The van der Waals surface area contributed by atoms with Crippen LogP contribution in [-0.2, 0) is 14.8 Å². The van der Waals surface area contributed by atoms with Crippen LogP contribution in [0.15, 0.2) is 42.6 Å². The Hall–Kier alpha value is -2.15. The number of amides is 1. The molecule has 1 amide bonds. The minimum atomic E-state index is -1.07. The monoisotopic (exact) mass is 320 g/mol. The second-order valence-electron chi connectivity index (χ2n) is 4.73. The molecule has 1 aromatic carbocycles. The molecule has 0 saturated carbocycles. The minimum absolute atomic E-state index is 0.168. The fraction of sp³-hybridized carbons (Fsp3) is 0.200. The largest absolute Gasteiger partial charge is 0.455 e. The summed E-state index contributed by atoms with van der Waals surface area (Å²) in [5.74, 6) is 0.386. The zero-order valence-electron chi connectivity index (χ0n) is 11.5. The van der Waals surface area contributed by atoms with Gasteiger partial charge < -0.3 is 10.5 Å². The van der Waals surface area contributed by atoms with Crippen molar-refractivity contribution < 1.29 is 19.3 Å². The van der Waals surface area contributed by atoms with Crippen molar-refractivity contribution in [1.29, 1.82) is 0 Å². The molecule has 1 aromatic heterocycles. The van der Waals surface area contributed by atoms with Crippen molar-refractivity contribution in [3.63, 3.8) is 0 Å². The molecule has 2 heterocycles. The molecule has 2 aromatic rings. The molecule has 0 spiro atoms. The summed E-state index contributed by atoms with van der Waals surface area (Å²) in [6.07, 6.45) is 1.93. The summed E-state index contributed by atoms with van der Waals surface area (Å²) in [6.45, 7) is 0.409. The van der Waals surface area contributed by atoms with Crippen LogP contribution in [0.25, 0.3) is 0 Å². The topological polar surface area (TPSA) is 83.7 Å². The first kappa shape index (κ1) is 14.8. The zero-order valence-corrected chi connectivity index (χ0v) is 12.2. The molecule has 3 rings (SSSR count). The first-order valence-electron chi connectivity index (χ1n) is 6.61. The summed E-state index contributed by atoms with van der Waals surface area (Å²) in [4.78, 5) is 25.0. The van der Waals surface area contributed by atoms with Gasteiger partial charge in [-0.2, -0.15) is 0 Å². The van der Waals surface area contributed by atoms with Crippen molar-refractivity contribution in [2.75, 3.05) is 6.61 Å². The van der Waals surface area contributed by atoms with Gasteiger partial charge in [-0.1, -0.05) is 29.8 Å². The molecular formula is C15H13ClN2O4. The van der Waals surface area contributed by atoms with Crippen molar-refractivity contribution >= 4 is 17.5 Å². The number of hydrogen-bond donors (Lipinski definition) is 1. The van der Waals surface area contributed by atoms with E-state index in [-0.39, 0.29) is 5.69 Å². The van der Waals surface area contributed by atoms with Crippen LogP contribution in [0, 0.1) is 0 Å². The average molecular weight is 321 g/mol. The smallest absolute Gasteiger partial charge is 0.267 e. The van der Waals surface area contributed by atoms with E-state index in [0.717, 1.165) is 0 Å². The maximum Gasteiger partial charge on any atom is 0.267 e. The van der Waals surface area contributed by atoms with E-state index in [2.05, 4.69) is 4.98 Å². The van der Waals surface area contributed by atoms with E-state index in [0.29, 0.717) is 30.1 Å². The second kappa shape index (κ2) is 5.92. The lowest BCUT2D eigenvalue weighted by Crippen LogP contribution is -2.17. The van der Waals surface area contributed by atoms with Gasteiger partial charge in [0.1, 0.15) is 17.2 Å². The van der Waals surface area contributed by atoms with Crippen molar-refractivity contribution in [2.24, 2.45) is 5.73 Å². The molecule has 22 heavy (non-hydrogen) atoms. The number of alkyl halides is 1. The molecule has 114 valence electrons. The Balaban J connectivity index is 1.88. The number of carbonyl (C=O) groups is 1. The van der Waals surface area contributed by atoms with Crippen LogP contribution < -0.4 is 10.5 Å². The third kappa shape index (κ3) is 2.89. The number of nitrogens with two attached hydrogens (primary N) is 1. The Bertz CT molecular complexity index is 684. The van der Waals surface area contributed by atoms with Crippen LogP contribution >= 0.6 is 11.6 Å². The molecule has 6 nitrogen and oxygen atoms in total. The van der Waals surface area contributed by atoms with Gasteiger partial charge in [-0.05, 0) is 18.2 Å². The minimum Gasteiger partial charge on any atom is -0.455 e. The summed E-state index contributed by atoms with van der Waals surface area (Å²) in [5, 5.41) is -1.07. The molecule has 0 aliphatic carbocycles. The number of hydrogen-bond acceptors (Lipinski definition) is 5. The van der Waals surface area contributed by atoms with Crippen LogP contribution in [0.1, 0.15) is 22.5 Å². The highest BCUT2D eigenvalue weighted by molar-refractivity contribution is 6.23. The number of aromatic nitrogens is 1. The van der Waals surface area contributed by atoms with Crippen LogP contribution in [0.2, 0.25) is 0 Å². The standard InChI is InChI=1S/C15H13ClN2O4/c16-15(7-8-20-22-15)11-3-1-2-4-13(11)21-10-5-6-12(14(17)19)18-9-10/h1-6,9H,7-8H2,(H2,17,19). The van der Waals surface area contributed by atoms with E-state index in [1.165, 1.54) is 12.3 Å². The van der Waals surface area contributed by atoms with Gasteiger partial charge in [-0.3, -0.25) is 4.79 Å². The van der Waals surface area contributed by atoms with Gasteiger partial charge in [0.25, 0.3) is 5.91 Å². The Labute approximate surface area is 131 Å². The molecule has 0 bridgehead atoms. The molecule has 1 saturated heterocycles. The third-order valence-corrected chi connectivity index (χ3v) is 3.66. The molecule has 1 fully saturated rings. The fourth-order valence-electron chi connectivity index (χ4n) is 2.11. The predicted molar refractivity (Wildman–Crippen MR) is 78.5 cm³/mol. The number of pyridine rings is 1. The zero-order chi connectivity index (χ0) is 15.6. The van der Waals surface area contributed by atoms with Gasteiger partial charge in [0.05, 0.1) is 12.8 Å². The van der Waals surface area contributed by atoms with Gasteiger partial charge in [0.2, 0.25) is 5.06 Å². The number of ether oxygens (including phenoxy) is 1. The highest BCUT2D eigenvalue weighted by Crippen LogP contribution is 2.43. The van der Waals surface area contributed by atoms with Crippen molar-refractivity contribution in [1.82, 2.24) is 4.98 Å². The normalized spacial score (nSPS) is 20.8. The molecule has 2 N–H and O–H groups in total. The summed E-state index contributed by atoms with van der Waals surface area (Å²) < 4.78 is 5.79. The van der Waals surface area contributed by atoms with Gasteiger partial charge in [0.15, 0.2) is 0 Å². The average Bonchev–Trinajstić information content (AvgIpc) is 2.96. The van der Waals surface area contributed by atoms with Crippen molar-refractivity contribution in [3.05, 3.63) is 53.9 Å². The van der Waals surface area contributed by atoms with Crippen LogP contribution in [0.5, 0.6) is 11.5 Å². The number of nitrogens with zero attached hydrogens (tertiary/aromatic N) is 1. The molecule has 1 atom stereocenters. The van der Waals surface area contributed by atoms with Crippen LogP contribution in [0.3, 0.4) is 0 Å². The number of carbonyl (C=O) groups excluding carboxylic acids is 1. The third-order valence-electron chi connectivity index (χ3n) is 3.20. The van der Waals surface area contributed by atoms with Crippen LogP contribution in [0.4, 0.5) is 0 Å². The fourth-order valence-corrected chi connectivity index (χ4v) is 2.38. The molecule has 1 aliphatic heterocycles. The lowest BCUT2D eigenvalue weighted by molar-refractivity contribution is -0.290. The maximum absolute atomic E-state index is 11.0. The van der Waals surface area contributed by atoms with Crippen molar-refractivity contribution in [2.45, 2.75) is 11.5 Å². The number of primary amides is 1. The maximum atomic E-state index is 11.0. The quantitative estimate of drug-likeness (QED) is 0.691. The highest BCUT2D eigenvalue weighted by atomic mass is 35.5. The summed E-state index contributed by atoms with van der Waals surface area (Å²) >= 11 is 6.43. The molecule has 1 aliphatic rings. The SMILES string of the molecule is NC(=O)c1ccc(Oc2ccccc2C2(Cl)CCOO2)cn1. The van der Waals surface area contributed by atoms with Gasteiger partial charge in [-0.15, -0.1) is 0 Å². The molecule has 7 heteroatoms. The Morgan fingerprint density at radius 1 is 1.32 bits per heavy atom. The van der Waals surface area contributed by atoms with E-state index in [1.807, 2.05) is 18.2 Å². The molecule has 0 radical (unpaired) electrons. The van der Waals surface area contributed by atoms with E-state index in [4.69, 9.17) is 31.8 Å². The van der Waals surface area contributed by atoms with E-state index in [1.54, 1.807) is 12.1 Å². The Kier molecular flexibility index (Phi) is 3.98. The summed E-state index contributed by atoms with van der Waals surface area (Å²) in [5.41, 5.74) is 5.98. The molecular weight excluding hydrogens is 308 g/mol. The summed E-state index contributed by atoms with van der Waals surface area (Å²) in [7, 11) is 0. The lowest BCUT2D eigenvalue weighted by Gasteiger charge is -2.21. The van der Waals surface area contributed by atoms with E-state index < -0.39 is 11.0 Å². The van der Waals surface area contributed by atoms with E-state index >= 15 is 0 Å². The highest BCUT2D eigenvalue weighted by Gasteiger charge is 2.39. The Morgan fingerprint density at radius 3 is 2.77 bits per heavy atom. The van der Waals surface area contributed by atoms with Gasteiger partial charge in [-0.25, -0.2) is 14.8 Å². The van der Waals surface area contributed by atoms with Crippen molar-refractivity contribution in [3.8, 4) is 11.5 Å². The summed E-state index contributed by atoms with van der Waals surface area (Å²) in [6, 6.07) is 10.3. The molecule has 1 unspecified atom stereocenters. The first-order chi connectivity index (χ1) is 10.6. The number of rotatable bonds is 4. The van der Waals surface area contributed by atoms with Gasteiger partial charge >= 0.3 is 0 Å². The van der Waals surface area contributed by atoms with Gasteiger partial charge in [0, 0.05) is 12.0 Å². The number of benzene rings is 1. The van der Waals surface area contributed by atoms with E-state index in [9.17, 15) is 4.79 Å². The lowest BCUT2D eigenvalue weighted by atomic mass is 10.1. The second-order valence-corrected chi connectivity index (χ2v) is 5.34. The van der Waals surface area contributed by atoms with Crippen LogP contribution in [-0.4, -0.2) is 17.5 Å². The predicted octanol–water partition coefficient (Wildman–Crippen LogP) is 2.72. The Morgan fingerprint density at radius 2 is 2.14 bits per heavy atom. The number of para-hydroxylation sites is 1.